The van der Waals surface area contributed by atoms with Crippen LogP contribution in [0.1, 0.15) is 37.2 Å². The molecule has 1 aliphatic carbocycles. The van der Waals surface area contributed by atoms with Crippen molar-refractivity contribution >= 4 is 0 Å². The molecule has 1 heterocycles. The van der Waals surface area contributed by atoms with Crippen LogP contribution < -0.4 is 4.74 Å². The standard InChI is InChI=1S/C15H21N5O/c1-3-19(10-12-4-8-14(21-2)9-5-12)11-15-16-17-18-20(15)13-6-7-13/h4-5,8-9,13H,3,6-7,10-11H2,1-2H3. The Balaban J connectivity index is 1.65. The van der Waals surface area contributed by atoms with Crippen molar-refractivity contribution in [3.63, 3.8) is 0 Å². The molecule has 0 aliphatic heterocycles. The zero-order chi connectivity index (χ0) is 14.7. The normalized spacial score (nSPS) is 14.6. The Morgan fingerprint density at radius 1 is 1.24 bits per heavy atom. The maximum atomic E-state index is 5.19. The highest BCUT2D eigenvalue weighted by Gasteiger charge is 2.28. The van der Waals surface area contributed by atoms with Crippen LogP contribution in [0.4, 0.5) is 0 Å². The van der Waals surface area contributed by atoms with Gasteiger partial charge in [-0.2, -0.15) is 0 Å². The minimum atomic E-state index is 0.523. The van der Waals surface area contributed by atoms with Gasteiger partial charge in [-0.3, -0.25) is 4.90 Å². The molecule has 0 amide bonds. The molecule has 112 valence electrons. The van der Waals surface area contributed by atoms with E-state index in [0.717, 1.165) is 31.2 Å². The van der Waals surface area contributed by atoms with E-state index in [1.165, 1.54) is 18.4 Å². The lowest BCUT2D eigenvalue weighted by molar-refractivity contribution is 0.258. The van der Waals surface area contributed by atoms with Gasteiger partial charge in [-0.15, -0.1) is 5.10 Å². The largest absolute Gasteiger partial charge is 0.497 e. The van der Waals surface area contributed by atoms with E-state index in [-0.39, 0.29) is 0 Å². The van der Waals surface area contributed by atoms with Crippen LogP contribution in [0, 0.1) is 0 Å². The number of benzene rings is 1. The predicted octanol–water partition coefficient (Wildman–Crippen LogP) is 2.04. The summed E-state index contributed by atoms with van der Waals surface area (Å²) in [5.41, 5.74) is 1.27. The Hall–Kier alpha value is -1.95. The Labute approximate surface area is 124 Å². The molecule has 0 N–H and O–H groups in total. The zero-order valence-corrected chi connectivity index (χ0v) is 12.6. The van der Waals surface area contributed by atoms with Crippen molar-refractivity contribution in [3.05, 3.63) is 35.7 Å². The highest BCUT2D eigenvalue weighted by molar-refractivity contribution is 5.27. The van der Waals surface area contributed by atoms with E-state index in [0.29, 0.717) is 6.04 Å². The van der Waals surface area contributed by atoms with E-state index in [1.54, 1.807) is 7.11 Å². The third-order valence-corrected chi connectivity index (χ3v) is 3.83. The fourth-order valence-electron chi connectivity index (χ4n) is 2.39. The summed E-state index contributed by atoms with van der Waals surface area (Å²) >= 11 is 0. The number of nitrogens with zero attached hydrogens (tertiary/aromatic N) is 5. The van der Waals surface area contributed by atoms with Crippen molar-refractivity contribution in [2.24, 2.45) is 0 Å². The third-order valence-electron chi connectivity index (χ3n) is 3.83. The lowest BCUT2D eigenvalue weighted by Crippen LogP contribution is -2.24. The van der Waals surface area contributed by atoms with E-state index in [2.05, 4.69) is 39.5 Å². The molecule has 0 atom stereocenters. The maximum absolute atomic E-state index is 5.19. The summed E-state index contributed by atoms with van der Waals surface area (Å²) in [6.45, 7) is 4.79. The highest BCUT2D eigenvalue weighted by Crippen LogP contribution is 2.34. The second-order valence-electron chi connectivity index (χ2n) is 5.42. The number of tetrazole rings is 1. The molecule has 0 saturated heterocycles. The second-order valence-corrected chi connectivity index (χ2v) is 5.42. The number of aromatic nitrogens is 4. The summed E-state index contributed by atoms with van der Waals surface area (Å²) in [4.78, 5) is 2.34. The minimum Gasteiger partial charge on any atom is -0.497 e. The average molecular weight is 287 g/mol. The van der Waals surface area contributed by atoms with Crippen LogP contribution in [0.2, 0.25) is 0 Å². The molecule has 3 rings (SSSR count). The summed E-state index contributed by atoms with van der Waals surface area (Å²) in [6.07, 6.45) is 2.39. The van der Waals surface area contributed by atoms with Crippen LogP contribution in [0.25, 0.3) is 0 Å². The predicted molar refractivity (Wildman–Crippen MR) is 78.9 cm³/mol. The summed E-state index contributed by atoms with van der Waals surface area (Å²) in [7, 11) is 1.69. The molecular formula is C15H21N5O. The molecule has 0 bridgehead atoms. The third kappa shape index (κ3) is 3.39. The van der Waals surface area contributed by atoms with E-state index in [1.807, 2.05) is 16.8 Å². The van der Waals surface area contributed by atoms with Gasteiger partial charge in [-0.1, -0.05) is 19.1 Å². The van der Waals surface area contributed by atoms with Gasteiger partial charge in [0.2, 0.25) is 0 Å². The first-order valence-electron chi connectivity index (χ1n) is 7.42. The summed E-state index contributed by atoms with van der Waals surface area (Å²) in [5, 5.41) is 12.1. The lowest BCUT2D eigenvalue weighted by atomic mass is 10.2. The van der Waals surface area contributed by atoms with Gasteiger partial charge in [0.25, 0.3) is 0 Å². The van der Waals surface area contributed by atoms with Crippen molar-refractivity contribution in [3.8, 4) is 5.75 Å². The van der Waals surface area contributed by atoms with Gasteiger partial charge in [0, 0.05) is 6.54 Å². The average Bonchev–Trinajstić information content (AvgIpc) is 3.27. The molecule has 0 spiro atoms. The topological polar surface area (TPSA) is 56.1 Å². The Morgan fingerprint density at radius 2 is 2.00 bits per heavy atom. The van der Waals surface area contributed by atoms with Crippen molar-refractivity contribution in [2.75, 3.05) is 13.7 Å². The van der Waals surface area contributed by atoms with Gasteiger partial charge in [0.05, 0.1) is 19.7 Å². The Kier molecular flexibility index (Phi) is 4.15. The quantitative estimate of drug-likeness (QED) is 0.780. The fourth-order valence-corrected chi connectivity index (χ4v) is 2.39. The second kappa shape index (κ2) is 6.22. The first-order valence-corrected chi connectivity index (χ1v) is 7.42. The molecule has 1 saturated carbocycles. The van der Waals surface area contributed by atoms with E-state index in [9.17, 15) is 0 Å². The van der Waals surface area contributed by atoms with Gasteiger partial charge < -0.3 is 4.74 Å². The summed E-state index contributed by atoms with van der Waals surface area (Å²) in [6, 6.07) is 8.72. The number of methoxy groups -OCH3 is 1. The van der Waals surface area contributed by atoms with Gasteiger partial charge in [-0.05, 0) is 47.5 Å². The van der Waals surface area contributed by atoms with Gasteiger partial charge >= 0.3 is 0 Å². The molecule has 0 radical (unpaired) electrons. The Bertz CT molecular complexity index is 576. The Morgan fingerprint density at radius 3 is 2.62 bits per heavy atom. The van der Waals surface area contributed by atoms with E-state index >= 15 is 0 Å². The molecule has 2 aromatic rings. The first kappa shape index (κ1) is 14.0. The van der Waals surface area contributed by atoms with Crippen LogP contribution in [-0.2, 0) is 13.1 Å². The van der Waals surface area contributed by atoms with Gasteiger partial charge in [0.1, 0.15) is 5.75 Å². The first-order chi connectivity index (χ1) is 10.3. The summed E-state index contributed by atoms with van der Waals surface area (Å²) in [5.74, 6) is 1.85. The molecule has 1 aromatic carbocycles. The molecule has 0 unspecified atom stereocenters. The number of rotatable bonds is 7. The molecule has 1 aliphatic rings. The molecule has 6 heteroatoms. The van der Waals surface area contributed by atoms with Gasteiger partial charge in [0.15, 0.2) is 5.82 Å². The fraction of sp³-hybridized carbons (Fsp3) is 0.533. The zero-order valence-electron chi connectivity index (χ0n) is 12.6. The lowest BCUT2D eigenvalue weighted by Gasteiger charge is -2.20. The van der Waals surface area contributed by atoms with Gasteiger partial charge in [-0.25, -0.2) is 4.68 Å². The monoisotopic (exact) mass is 287 g/mol. The van der Waals surface area contributed by atoms with Crippen LogP contribution in [0.5, 0.6) is 5.75 Å². The van der Waals surface area contributed by atoms with Crippen LogP contribution in [0.3, 0.4) is 0 Å². The minimum absolute atomic E-state index is 0.523. The molecule has 6 nitrogen and oxygen atoms in total. The number of hydrogen-bond donors (Lipinski definition) is 0. The molecule has 1 fully saturated rings. The van der Waals surface area contributed by atoms with Crippen molar-refractivity contribution in [1.82, 2.24) is 25.1 Å². The number of ether oxygens (including phenoxy) is 1. The van der Waals surface area contributed by atoms with E-state index in [4.69, 9.17) is 4.74 Å². The van der Waals surface area contributed by atoms with Crippen molar-refractivity contribution < 1.29 is 4.74 Å². The van der Waals surface area contributed by atoms with Crippen LogP contribution >= 0.6 is 0 Å². The van der Waals surface area contributed by atoms with Crippen molar-refractivity contribution in [1.29, 1.82) is 0 Å². The molecular weight excluding hydrogens is 266 g/mol. The molecule has 21 heavy (non-hydrogen) atoms. The number of hydrogen-bond acceptors (Lipinski definition) is 5. The van der Waals surface area contributed by atoms with E-state index < -0.39 is 0 Å². The SMILES string of the molecule is CCN(Cc1ccc(OC)cc1)Cc1nnnn1C1CC1. The van der Waals surface area contributed by atoms with Crippen LogP contribution in [-0.4, -0.2) is 38.8 Å². The molecule has 1 aromatic heterocycles. The highest BCUT2D eigenvalue weighted by atomic mass is 16.5. The summed E-state index contributed by atoms with van der Waals surface area (Å²) < 4.78 is 7.17. The van der Waals surface area contributed by atoms with Crippen LogP contribution in [0.15, 0.2) is 24.3 Å². The maximum Gasteiger partial charge on any atom is 0.165 e. The smallest absolute Gasteiger partial charge is 0.165 e. The van der Waals surface area contributed by atoms with Crippen molar-refractivity contribution in [2.45, 2.75) is 38.9 Å².